The van der Waals surface area contributed by atoms with Gasteiger partial charge >= 0.3 is 0 Å². The SMILES string of the molecule is C/C=C/CCNS(=O)(=O)C1CCCNC1. The van der Waals surface area contributed by atoms with Gasteiger partial charge in [-0.1, -0.05) is 12.2 Å². The fourth-order valence-electron chi connectivity index (χ4n) is 1.65. The molecule has 1 atom stereocenters. The number of hydrogen-bond donors (Lipinski definition) is 2. The van der Waals surface area contributed by atoms with Crippen LogP contribution in [0.2, 0.25) is 0 Å². The van der Waals surface area contributed by atoms with Gasteiger partial charge in [-0.2, -0.15) is 0 Å². The van der Waals surface area contributed by atoms with Crippen molar-refractivity contribution in [2.45, 2.75) is 31.4 Å². The van der Waals surface area contributed by atoms with Crippen molar-refractivity contribution in [1.29, 1.82) is 0 Å². The first-order valence-corrected chi connectivity index (χ1v) is 7.02. The van der Waals surface area contributed by atoms with Crippen LogP contribution in [0, 0.1) is 0 Å². The third kappa shape index (κ3) is 4.32. The van der Waals surface area contributed by atoms with Crippen LogP contribution in [0.5, 0.6) is 0 Å². The Bertz CT molecular complexity index is 293. The van der Waals surface area contributed by atoms with Crippen LogP contribution < -0.4 is 10.0 Å². The van der Waals surface area contributed by atoms with E-state index >= 15 is 0 Å². The molecule has 1 fully saturated rings. The number of piperidine rings is 1. The molecule has 0 aliphatic carbocycles. The van der Waals surface area contributed by atoms with Crippen molar-refractivity contribution >= 4 is 10.0 Å². The van der Waals surface area contributed by atoms with Crippen LogP contribution in [0.25, 0.3) is 0 Å². The fourth-order valence-corrected chi connectivity index (χ4v) is 3.11. The lowest BCUT2D eigenvalue weighted by molar-refractivity contribution is 0.490. The van der Waals surface area contributed by atoms with Crippen molar-refractivity contribution < 1.29 is 8.42 Å². The molecule has 0 spiro atoms. The van der Waals surface area contributed by atoms with Crippen molar-refractivity contribution in [3.05, 3.63) is 12.2 Å². The molecule has 2 N–H and O–H groups in total. The smallest absolute Gasteiger partial charge is 0.215 e. The van der Waals surface area contributed by atoms with Crippen LogP contribution in [-0.4, -0.2) is 33.3 Å². The van der Waals surface area contributed by atoms with Crippen molar-refractivity contribution in [3.63, 3.8) is 0 Å². The van der Waals surface area contributed by atoms with Crippen LogP contribution in [0.4, 0.5) is 0 Å². The highest BCUT2D eigenvalue weighted by atomic mass is 32.2. The Hall–Kier alpha value is -0.390. The van der Waals surface area contributed by atoms with Gasteiger partial charge in [0.25, 0.3) is 0 Å². The van der Waals surface area contributed by atoms with Gasteiger partial charge in [0.15, 0.2) is 0 Å². The van der Waals surface area contributed by atoms with Crippen LogP contribution in [0.1, 0.15) is 26.2 Å². The maximum Gasteiger partial charge on any atom is 0.215 e. The molecule has 0 amide bonds. The lowest BCUT2D eigenvalue weighted by atomic mass is 10.2. The fraction of sp³-hybridized carbons (Fsp3) is 0.800. The molecule has 5 heteroatoms. The van der Waals surface area contributed by atoms with Gasteiger partial charge in [-0.3, -0.25) is 0 Å². The Labute approximate surface area is 92.2 Å². The highest BCUT2D eigenvalue weighted by Gasteiger charge is 2.26. The zero-order valence-corrected chi connectivity index (χ0v) is 10.0. The van der Waals surface area contributed by atoms with Gasteiger partial charge in [0.05, 0.1) is 5.25 Å². The summed E-state index contributed by atoms with van der Waals surface area (Å²) in [6, 6.07) is 0. The first-order valence-electron chi connectivity index (χ1n) is 5.47. The summed E-state index contributed by atoms with van der Waals surface area (Å²) in [6.45, 7) is 3.95. The predicted molar refractivity (Wildman–Crippen MR) is 62.2 cm³/mol. The summed E-state index contributed by atoms with van der Waals surface area (Å²) in [6.07, 6.45) is 6.36. The van der Waals surface area contributed by atoms with Gasteiger partial charge in [0.1, 0.15) is 0 Å². The molecule has 1 unspecified atom stereocenters. The molecule has 0 aromatic carbocycles. The average Bonchev–Trinajstić information content (AvgIpc) is 2.26. The Kier molecular flexibility index (Phi) is 5.28. The van der Waals surface area contributed by atoms with E-state index in [2.05, 4.69) is 10.0 Å². The van der Waals surface area contributed by atoms with E-state index in [9.17, 15) is 8.42 Å². The third-order valence-electron chi connectivity index (χ3n) is 2.54. The van der Waals surface area contributed by atoms with E-state index < -0.39 is 10.0 Å². The maximum absolute atomic E-state index is 11.8. The van der Waals surface area contributed by atoms with Gasteiger partial charge in [-0.25, -0.2) is 13.1 Å². The number of hydrogen-bond acceptors (Lipinski definition) is 3. The van der Waals surface area contributed by atoms with Crippen molar-refractivity contribution in [1.82, 2.24) is 10.0 Å². The summed E-state index contributed by atoms with van der Waals surface area (Å²) in [4.78, 5) is 0. The average molecular weight is 232 g/mol. The molecule has 1 aliphatic rings. The zero-order valence-electron chi connectivity index (χ0n) is 9.20. The quantitative estimate of drug-likeness (QED) is 0.540. The minimum absolute atomic E-state index is 0.253. The third-order valence-corrected chi connectivity index (χ3v) is 4.43. The van der Waals surface area contributed by atoms with Crippen molar-refractivity contribution in [2.75, 3.05) is 19.6 Å². The molecule has 1 saturated heterocycles. The van der Waals surface area contributed by atoms with E-state index in [1.165, 1.54) is 0 Å². The van der Waals surface area contributed by atoms with E-state index in [1.807, 2.05) is 19.1 Å². The molecule has 0 aromatic rings. The second kappa shape index (κ2) is 6.25. The van der Waals surface area contributed by atoms with E-state index in [1.54, 1.807) is 0 Å². The summed E-state index contributed by atoms with van der Waals surface area (Å²) >= 11 is 0. The van der Waals surface area contributed by atoms with Gasteiger partial charge in [0.2, 0.25) is 10.0 Å². The zero-order chi connectivity index (χ0) is 11.1. The molecule has 1 rings (SSSR count). The summed E-state index contributed by atoms with van der Waals surface area (Å²) < 4.78 is 26.2. The Balaban J connectivity index is 2.36. The van der Waals surface area contributed by atoms with Crippen molar-refractivity contribution in [3.8, 4) is 0 Å². The molecule has 1 aliphatic heterocycles. The largest absolute Gasteiger partial charge is 0.315 e. The Morgan fingerprint density at radius 2 is 2.33 bits per heavy atom. The van der Waals surface area contributed by atoms with Crippen molar-refractivity contribution in [2.24, 2.45) is 0 Å². The number of rotatable bonds is 5. The van der Waals surface area contributed by atoms with E-state index in [4.69, 9.17) is 0 Å². The molecule has 0 radical (unpaired) electrons. The first kappa shape index (κ1) is 12.7. The second-order valence-corrected chi connectivity index (χ2v) is 5.81. The second-order valence-electron chi connectivity index (χ2n) is 3.77. The highest BCUT2D eigenvalue weighted by Crippen LogP contribution is 2.10. The number of nitrogens with one attached hydrogen (secondary N) is 2. The topological polar surface area (TPSA) is 58.2 Å². The van der Waals surface area contributed by atoms with Gasteiger partial charge in [-0.05, 0) is 32.7 Å². The first-order chi connectivity index (χ1) is 7.17. The number of allylic oxidation sites excluding steroid dienone is 1. The van der Waals surface area contributed by atoms with E-state index in [0.29, 0.717) is 13.1 Å². The van der Waals surface area contributed by atoms with Crippen LogP contribution in [0.3, 0.4) is 0 Å². The summed E-state index contributed by atoms with van der Waals surface area (Å²) in [5, 5.41) is 2.86. The molecular weight excluding hydrogens is 212 g/mol. The standard InChI is InChI=1S/C10H20N2O2S/c1-2-3-4-8-12-15(13,14)10-6-5-7-11-9-10/h2-3,10-12H,4-9H2,1H3/b3-2+. The highest BCUT2D eigenvalue weighted by molar-refractivity contribution is 7.90. The molecule has 88 valence electrons. The van der Waals surface area contributed by atoms with Gasteiger partial charge in [-0.15, -0.1) is 0 Å². The summed E-state index contributed by atoms with van der Waals surface area (Å²) in [5.41, 5.74) is 0. The predicted octanol–water partition coefficient (Wildman–Crippen LogP) is 0.624. The van der Waals surface area contributed by atoms with Crippen LogP contribution >= 0.6 is 0 Å². The Morgan fingerprint density at radius 3 is 2.93 bits per heavy atom. The molecule has 0 bridgehead atoms. The van der Waals surface area contributed by atoms with E-state index in [-0.39, 0.29) is 5.25 Å². The van der Waals surface area contributed by atoms with Gasteiger partial charge < -0.3 is 5.32 Å². The van der Waals surface area contributed by atoms with Crippen LogP contribution in [0.15, 0.2) is 12.2 Å². The summed E-state index contributed by atoms with van der Waals surface area (Å²) in [5.74, 6) is 0. The summed E-state index contributed by atoms with van der Waals surface area (Å²) in [7, 11) is -3.11. The molecule has 0 saturated carbocycles. The van der Waals surface area contributed by atoms with E-state index in [0.717, 1.165) is 25.8 Å². The molecular formula is C10H20N2O2S. The molecule has 4 nitrogen and oxygen atoms in total. The van der Waals surface area contributed by atoms with Crippen LogP contribution in [-0.2, 0) is 10.0 Å². The Morgan fingerprint density at radius 1 is 1.53 bits per heavy atom. The monoisotopic (exact) mass is 232 g/mol. The normalized spacial score (nSPS) is 23.4. The molecule has 0 aromatic heterocycles. The minimum Gasteiger partial charge on any atom is -0.315 e. The number of sulfonamides is 1. The minimum atomic E-state index is -3.11. The lowest BCUT2D eigenvalue weighted by Crippen LogP contribution is -2.44. The molecule has 15 heavy (non-hydrogen) atoms. The lowest BCUT2D eigenvalue weighted by Gasteiger charge is -2.22. The molecule has 1 heterocycles. The maximum atomic E-state index is 11.8. The van der Waals surface area contributed by atoms with Gasteiger partial charge in [0, 0.05) is 13.1 Å².